The Hall–Kier alpha value is -1.43. The Morgan fingerprint density at radius 2 is 2.24 bits per heavy atom. The molecule has 0 unspecified atom stereocenters. The minimum atomic E-state index is -0.164. The summed E-state index contributed by atoms with van der Waals surface area (Å²) in [6.07, 6.45) is 0.841. The summed E-state index contributed by atoms with van der Waals surface area (Å²) >= 11 is 3.64. The lowest BCUT2D eigenvalue weighted by Gasteiger charge is -2.11. The Labute approximate surface area is 140 Å². The quantitative estimate of drug-likeness (QED) is 0.750. The van der Waals surface area contributed by atoms with Gasteiger partial charge >= 0.3 is 0 Å². The van der Waals surface area contributed by atoms with E-state index in [-0.39, 0.29) is 5.91 Å². The van der Waals surface area contributed by atoms with Crippen molar-refractivity contribution in [2.24, 2.45) is 0 Å². The summed E-state index contributed by atoms with van der Waals surface area (Å²) < 4.78 is 0.897. The molecule has 2 heterocycles. The van der Waals surface area contributed by atoms with Gasteiger partial charge in [0.05, 0.1) is 11.1 Å². The Morgan fingerprint density at radius 1 is 1.43 bits per heavy atom. The first-order chi connectivity index (χ1) is 10.2. The van der Waals surface area contributed by atoms with E-state index in [4.69, 9.17) is 0 Å². The van der Waals surface area contributed by atoms with Crippen LogP contribution in [-0.4, -0.2) is 12.5 Å². The van der Waals surface area contributed by atoms with Gasteiger partial charge in [-0.1, -0.05) is 12.1 Å². The molecule has 1 amide bonds. The van der Waals surface area contributed by atoms with E-state index in [9.17, 15) is 10.1 Å². The SMILES string of the molecule is N#Cc1c(NC(=O)c2ccccc2I)sc2c1CCNC2. The number of nitriles is 1. The first-order valence-electron chi connectivity index (χ1n) is 6.52. The van der Waals surface area contributed by atoms with E-state index < -0.39 is 0 Å². The average molecular weight is 409 g/mol. The fourth-order valence-corrected chi connectivity index (χ4v) is 4.15. The summed E-state index contributed by atoms with van der Waals surface area (Å²) in [5.74, 6) is -0.164. The first-order valence-corrected chi connectivity index (χ1v) is 8.41. The molecule has 0 spiro atoms. The molecular formula is C15H12IN3OS. The fraction of sp³-hybridized carbons (Fsp3) is 0.200. The molecule has 2 aromatic rings. The van der Waals surface area contributed by atoms with Gasteiger partial charge in [0.2, 0.25) is 0 Å². The molecule has 0 saturated heterocycles. The number of nitrogens with zero attached hydrogens (tertiary/aromatic N) is 1. The van der Waals surface area contributed by atoms with Crippen LogP contribution >= 0.6 is 33.9 Å². The number of hydrogen-bond acceptors (Lipinski definition) is 4. The normalized spacial score (nSPS) is 13.3. The molecule has 106 valence electrons. The van der Waals surface area contributed by atoms with Gasteiger partial charge in [0.25, 0.3) is 5.91 Å². The van der Waals surface area contributed by atoms with Crippen molar-refractivity contribution >= 4 is 44.8 Å². The summed E-state index contributed by atoms with van der Waals surface area (Å²) in [6, 6.07) is 9.66. The van der Waals surface area contributed by atoms with Crippen LogP contribution in [0, 0.1) is 14.9 Å². The fourth-order valence-electron chi connectivity index (χ4n) is 2.36. The van der Waals surface area contributed by atoms with Crippen molar-refractivity contribution in [1.29, 1.82) is 5.26 Å². The van der Waals surface area contributed by atoms with Gasteiger partial charge in [-0.05, 0) is 53.3 Å². The number of carbonyl (C=O) groups is 1. The summed E-state index contributed by atoms with van der Waals surface area (Å²) in [6.45, 7) is 1.65. The van der Waals surface area contributed by atoms with Crippen LogP contribution in [0.5, 0.6) is 0 Å². The average Bonchev–Trinajstić information content (AvgIpc) is 2.84. The second kappa shape index (κ2) is 6.13. The minimum Gasteiger partial charge on any atom is -0.312 e. The number of thiophene rings is 1. The zero-order valence-corrected chi connectivity index (χ0v) is 14.0. The standard InChI is InChI=1S/C15H12IN3OS/c16-12-4-2-1-3-10(12)14(20)19-15-11(7-17)9-5-6-18-8-13(9)21-15/h1-4,18H,5-6,8H2,(H,19,20). The molecule has 0 atom stereocenters. The molecule has 4 nitrogen and oxygen atoms in total. The molecule has 0 fully saturated rings. The van der Waals surface area contributed by atoms with Crippen molar-refractivity contribution in [3.63, 3.8) is 0 Å². The lowest BCUT2D eigenvalue weighted by molar-refractivity contribution is 0.102. The molecule has 1 aromatic carbocycles. The predicted octanol–water partition coefficient (Wildman–Crippen LogP) is 3.12. The van der Waals surface area contributed by atoms with Crippen LogP contribution in [0.4, 0.5) is 5.00 Å². The van der Waals surface area contributed by atoms with Gasteiger partial charge in [-0.15, -0.1) is 11.3 Å². The highest BCUT2D eigenvalue weighted by Crippen LogP contribution is 2.35. The molecule has 21 heavy (non-hydrogen) atoms. The number of carbonyl (C=O) groups excluding carboxylic acids is 1. The number of fused-ring (bicyclic) bond motifs is 1. The molecule has 2 N–H and O–H groups in total. The highest BCUT2D eigenvalue weighted by Gasteiger charge is 2.22. The van der Waals surface area contributed by atoms with Crippen LogP contribution in [0.15, 0.2) is 24.3 Å². The first kappa shape index (κ1) is 14.5. The second-order valence-corrected chi connectivity index (χ2v) is 6.95. The van der Waals surface area contributed by atoms with Gasteiger partial charge in [0.15, 0.2) is 0 Å². The molecule has 1 aliphatic heterocycles. The van der Waals surface area contributed by atoms with Crippen molar-refractivity contribution in [3.05, 3.63) is 49.4 Å². The van der Waals surface area contributed by atoms with E-state index in [1.54, 1.807) is 6.07 Å². The third kappa shape index (κ3) is 2.81. The minimum absolute atomic E-state index is 0.164. The number of hydrogen-bond donors (Lipinski definition) is 2. The Balaban J connectivity index is 1.92. The van der Waals surface area contributed by atoms with E-state index >= 15 is 0 Å². The molecular weight excluding hydrogens is 397 g/mol. The van der Waals surface area contributed by atoms with E-state index in [1.807, 2.05) is 18.2 Å². The molecule has 0 saturated carbocycles. The Kier molecular flexibility index (Phi) is 4.24. The highest BCUT2D eigenvalue weighted by atomic mass is 127. The molecule has 0 bridgehead atoms. The van der Waals surface area contributed by atoms with Crippen molar-refractivity contribution in [2.45, 2.75) is 13.0 Å². The molecule has 1 aliphatic rings. The molecule has 3 rings (SSSR count). The third-order valence-corrected chi connectivity index (χ3v) is 5.47. The predicted molar refractivity (Wildman–Crippen MR) is 91.6 cm³/mol. The van der Waals surface area contributed by atoms with Gasteiger partial charge in [-0.25, -0.2) is 0 Å². The number of rotatable bonds is 2. The van der Waals surface area contributed by atoms with Crippen LogP contribution < -0.4 is 10.6 Å². The zero-order chi connectivity index (χ0) is 14.8. The number of benzene rings is 1. The largest absolute Gasteiger partial charge is 0.312 e. The van der Waals surface area contributed by atoms with E-state index in [0.29, 0.717) is 16.1 Å². The zero-order valence-electron chi connectivity index (χ0n) is 11.1. The van der Waals surface area contributed by atoms with Crippen molar-refractivity contribution in [1.82, 2.24) is 5.32 Å². The van der Waals surface area contributed by atoms with Gasteiger partial charge in [-0.2, -0.15) is 5.26 Å². The van der Waals surface area contributed by atoms with E-state index in [2.05, 4.69) is 39.3 Å². The number of halogens is 1. The maximum Gasteiger partial charge on any atom is 0.257 e. The molecule has 0 aliphatic carbocycles. The van der Waals surface area contributed by atoms with Crippen LogP contribution in [0.2, 0.25) is 0 Å². The highest BCUT2D eigenvalue weighted by molar-refractivity contribution is 14.1. The molecule has 6 heteroatoms. The van der Waals surface area contributed by atoms with Crippen LogP contribution in [0.3, 0.4) is 0 Å². The van der Waals surface area contributed by atoms with E-state index in [0.717, 1.165) is 33.5 Å². The Morgan fingerprint density at radius 3 is 3.00 bits per heavy atom. The third-order valence-electron chi connectivity index (χ3n) is 3.39. The van der Waals surface area contributed by atoms with Crippen LogP contribution in [0.1, 0.15) is 26.4 Å². The summed E-state index contributed by atoms with van der Waals surface area (Å²) in [5, 5.41) is 16.2. The van der Waals surface area contributed by atoms with Crippen LogP contribution in [0.25, 0.3) is 0 Å². The van der Waals surface area contributed by atoms with Gasteiger partial charge < -0.3 is 10.6 Å². The topological polar surface area (TPSA) is 64.9 Å². The summed E-state index contributed by atoms with van der Waals surface area (Å²) in [7, 11) is 0. The number of anilines is 1. The van der Waals surface area contributed by atoms with E-state index in [1.165, 1.54) is 11.3 Å². The molecule has 0 radical (unpaired) electrons. The number of amides is 1. The van der Waals surface area contributed by atoms with Crippen molar-refractivity contribution in [3.8, 4) is 6.07 Å². The number of nitrogens with one attached hydrogen (secondary N) is 2. The smallest absolute Gasteiger partial charge is 0.257 e. The Bertz CT molecular complexity index is 748. The summed E-state index contributed by atoms with van der Waals surface area (Å²) in [4.78, 5) is 13.5. The van der Waals surface area contributed by atoms with Gasteiger partial charge in [0, 0.05) is 15.0 Å². The van der Waals surface area contributed by atoms with Crippen molar-refractivity contribution in [2.75, 3.05) is 11.9 Å². The maximum atomic E-state index is 12.4. The lowest BCUT2D eigenvalue weighted by Crippen LogP contribution is -2.22. The van der Waals surface area contributed by atoms with Gasteiger partial charge in [-0.3, -0.25) is 4.79 Å². The lowest BCUT2D eigenvalue weighted by atomic mass is 10.0. The summed E-state index contributed by atoms with van der Waals surface area (Å²) in [5.41, 5.74) is 2.33. The van der Waals surface area contributed by atoms with Gasteiger partial charge in [0.1, 0.15) is 11.1 Å². The van der Waals surface area contributed by atoms with Crippen LogP contribution in [-0.2, 0) is 13.0 Å². The second-order valence-electron chi connectivity index (χ2n) is 4.68. The monoisotopic (exact) mass is 409 g/mol. The maximum absolute atomic E-state index is 12.4. The molecule has 1 aromatic heterocycles. The van der Waals surface area contributed by atoms with Crippen molar-refractivity contribution < 1.29 is 4.79 Å².